The highest BCUT2D eigenvalue weighted by atomic mass is 16.5. The number of nitrogens with one attached hydrogen (secondary N) is 3. The van der Waals surface area contributed by atoms with Gasteiger partial charge in [0.1, 0.15) is 23.1 Å². The number of phenols is 1. The second-order valence-corrected chi connectivity index (χ2v) is 8.36. The lowest BCUT2D eigenvalue weighted by atomic mass is 9.89. The van der Waals surface area contributed by atoms with Gasteiger partial charge in [-0.15, -0.1) is 0 Å². The number of aryl methyl sites for hydroxylation is 1. The van der Waals surface area contributed by atoms with Crippen LogP contribution in [-0.2, 0) is 4.79 Å². The molecule has 1 amide bonds. The molecule has 0 aromatic heterocycles. The number of rotatable bonds is 3. The van der Waals surface area contributed by atoms with Crippen molar-refractivity contribution in [3.05, 3.63) is 59.2 Å². The molecule has 6 heteroatoms. The second-order valence-electron chi connectivity index (χ2n) is 8.36. The molecule has 0 radical (unpaired) electrons. The molecule has 2 aromatic carbocycles. The Morgan fingerprint density at radius 1 is 1.18 bits per heavy atom. The van der Waals surface area contributed by atoms with Crippen molar-refractivity contribution in [2.45, 2.75) is 57.3 Å². The smallest absolute Gasteiger partial charge is 0.239 e. The Morgan fingerprint density at radius 3 is 2.75 bits per heavy atom. The Bertz CT molecular complexity index is 896. The standard InChI is InChI=1S/C22H27N3O3/c1-13-8-9-15-18(12-22(2,3)28-20(15)10-13)23-21(27)17-11-16(24-25-17)14-6-4-5-7-19(14)26/h4-10,16-18,24-26H,11-12H2,1-3H3,(H,23,27). The molecule has 2 aliphatic rings. The van der Waals surface area contributed by atoms with E-state index in [0.29, 0.717) is 12.8 Å². The van der Waals surface area contributed by atoms with E-state index in [1.54, 1.807) is 12.1 Å². The summed E-state index contributed by atoms with van der Waals surface area (Å²) in [6.07, 6.45) is 1.27. The number of hydrogen-bond acceptors (Lipinski definition) is 5. The van der Waals surface area contributed by atoms with E-state index in [2.05, 4.69) is 16.2 Å². The highest BCUT2D eigenvalue weighted by Gasteiger charge is 2.37. The molecule has 148 valence electrons. The first kappa shape index (κ1) is 18.8. The molecule has 3 atom stereocenters. The van der Waals surface area contributed by atoms with Crippen LogP contribution in [0.5, 0.6) is 11.5 Å². The van der Waals surface area contributed by atoms with Gasteiger partial charge in [0.2, 0.25) is 5.91 Å². The zero-order chi connectivity index (χ0) is 19.9. The number of benzene rings is 2. The lowest BCUT2D eigenvalue weighted by Gasteiger charge is -2.38. The third-order valence-corrected chi connectivity index (χ3v) is 5.47. The van der Waals surface area contributed by atoms with Gasteiger partial charge in [0, 0.05) is 17.5 Å². The molecule has 0 spiro atoms. The minimum atomic E-state index is -0.371. The summed E-state index contributed by atoms with van der Waals surface area (Å²) in [6.45, 7) is 6.12. The number of phenolic OH excluding ortho intramolecular Hbond substituents is 1. The zero-order valence-corrected chi connectivity index (χ0v) is 16.5. The average Bonchev–Trinajstić information content (AvgIpc) is 3.10. The SMILES string of the molecule is Cc1ccc2c(c1)OC(C)(C)CC2NC(=O)C1CC(c2ccccc2O)NN1. The van der Waals surface area contributed by atoms with E-state index < -0.39 is 0 Å². The third-order valence-electron chi connectivity index (χ3n) is 5.47. The van der Waals surface area contributed by atoms with Crippen LogP contribution in [0.3, 0.4) is 0 Å². The first-order valence-electron chi connectivity index (χ1n) is 9.71. The summed E-state index contributed by atoms with van der Waals surface area (Å²) in [5.74, 6) is 1.02. The van der Waals surface area contributed by atoms with Gasteiger partial charge in [-0.2, -0.15) is 0 Å². The Kier molecular flexibility index (Phi) is 4.77. The summed E-state index contributed by atoms with van der Waals surface area (Å²) in [4.78, 5) is 12.9. The van der Waals surface area contributed by atoms with Crippen LogP contribution in [0.25, 0.3) is 0 Å². The van der Waals surface area contributed by atoms with Gasteiger partial charge >= 0.3 is 0 Å². The quantitative estimate of drug-likeness (QED) is 0.657. The van der Waals surface area contributed by atoms with Crippen LogP contribution in [0.1, 0.15) is 55.5 Å². The largest absolute Gasteiger partial charge is 0.508 e. The molecule has 4 rings (SSSR count). The van der Waals surface area contributed by atoms with Crippen molar-refractivity contribution in [2.24, 2.45) is 0 Å². The minimum absolute atomic E-state index is 0.0559. The third kappa shape index (κ3) is 3.70. The van der Waals surface area contributed by atoms with Gasteiger partial charge in [0.25, 0.3) is 0 Å². The number of carbonyl (C=O) groups is 1. The van der Waals surface area contributed by atoms with Crippen molar-refractivity contribution < 1.29 is 14.6 Å². The number of fused-ring (bicyclic) bond motifs is 1. The fraction of sp³-hybridized carbons (Fsp3) is 0.409. The van der Waals surface area contributed by atoms with Gasteiger partial charge in [-0.05, 0) is 44.9 Å². The van der Waals surface area contributed by atoms with Crippen molar-refractivity contribution in [2.75, 3.05) is 0 Å². The van der Waals surface area contributed by atoms with Crippen molar-refractivity contribution in [1.82, 2.24) is 16.2 Å². The van der Waals surface area contributed by atoms with Crippen LogP contribution in [0.4, 0.5) is 0 Å². The van der Waals surface area contributed by atoms with Gasteiger partial charge in [-0.1, -0.05) is 30.3 Å². The van der Waals surface area contributed by atoms with E-state index in [9.17, 15) is 9.90 Å². The molecule has 0 bridgehead atoms. The molecule has 3 unspecified atom stereocenters. The Morgan fingerprint density at radius 2 is 1.96 bits per heavy atom. The summed E-state index contributed by atoms with van der Waals surface area (Å²) < 4.78 is 6.12. The van der Waals surface area contributed by atoms with Crippen LogP contribution in [0.15, 0.2) is 42.5 Å². The second kappa shape index (κ2) is 7.11. The van der Waals surface area contributed by atoms with Gasteiger partial charge < -0.3 is 15.2 Å². The van der Waals surface area contributed by atoms with Gasteiger partial charge in [0.05, 0.1) is 12.1 Å². The van der Waals surface area contributed by atoms with E-state index in [1.807, 2.05) is 51.1 Å². The average molecular weight is 381 g/mol. The molecule has 28 heavy (non-hydrogen) atoms. The minimum Gasteiger partial charge on any atom is -0.508 e. The Hall–Kier alpha value is -2.57. The number of para-hydroxylation sites is 1. The first-order valence-corrected chi connectivity index (χ1v) is 9.71. The Balaban J connectivity index is 1.48. The number of hydrogen-bond donors (Lipinski definition) is 4. The number of carbonyl (C=O) groups excluding carboxylic acids is 1. The maximum Gasteiger partial charge on any atom is 0.239 e. The number of aromatic hydroxyl groups is 1. The van der Waals surface area contributed by atoms with Crippen LogP contribution in [-0.4, -0.2) is 22.7 Å². The molecule has 2 heterocycles. The van der Waals surface area contributed by atoms with Crippen molar-refractivity contribution >= 4 is 5.91 Å². The van der Waals surface area contributed by atoms with E-state index >= 15 is 0 Å². The summed E-state index contributed by atoms with van der Waals surface area (Å²) in [6, 6.07) is 12.7. The number of hydrazine groups is 1. The van der Waals surface area contributed by atoms with Crippen molar-refractivity contribution in [3.8, 4) is 11.5 Å². The maximum atomic E-state index is 12.9. The fourth-order valence-electron chi connectivity index (χ4n) is 4.07. The molecule has 0 saturated carbocycles. The van der Waals surface area contributed by atoms with E-state index in [0.717, 1.165) is 22.4 Å². The predicted molar refractivity (Wildman–Crippen MR) is 107 cm³/mol. The molecule has 1 fully saturated rings. The summed E-state index contributed by atoms with van der Waals surface area (Å²) in [5, 5.41) is 13.3. The molecule has 2 aromatic rings. The van der Waals surface area contributed by atoms with Crippen molar-refractivity contribution in [1.29, 1.82) is 0 Å². The van der Waals surface area contributed by atoms with E-state index in [4.69, 9.17) is 4.74 Å². The molecular formula is C22H27N3O3. The van der Waals surface area contributed by atoms with Gasteiger partial charge in [-0.25, -0.2) is 10.9 Å². The zero-order valence-electron chi connectivity index (χ0n) is 16.5. The van der Waals surface area contributed by atoms with Gasteiger partial charge in [-0.3, -0.25) is 4.79 Å². The normalized spacial score (nSPS) is 25.6. The number of ether oxygens (including phenoxy) is 1. The topological polar surface area (TPSA) is 82.6 Å². The summed E-state index contributed by atoms with van der Waals surface area (Å²) >= 11 is 0. The first-order chi connectivity index (χ1) is 13.3. The predicted octanol–water partition coefficient (Wildman–Crippen LogP) is 3.03. The summed E-state index contributed by atoms with van der Waals surface area (Å²) in [5.41, 5.74) is 8.79. The number of amides is 1. The molecule has 4 N–H and O–H groups in total. The van der Waals surface area contributed by atoms with Crippen LogP contribution >= 0.6 is 0 Å². The highest BCUT2D eigenvalue weighted by molar-refractivity contribution is 5.82. The molecular weight excluding hydrogens is 354 g/mol. The molecule has 6 nitrogen and oxygen atoms in total. The molecule has 2 aliphatic heterocycles. The monoisotopic (exact) mass is 381 g/mol. The molecule has 0 aliphatic carbocycles. The highest BCUT2D eigenvalue weighted by Crippen LogP contribution is 2.40. The Labute approximate surface area is 165 Å². The van der Waals surface area contributed by atoms with E-state index in [1.165, 1.54) is 0 Å². The van der Waals surface area contributed by atoms with Crippen molar-refractivity contribution in [3.63, 3.8) is 0 Å². The lowest BCUT2D eigenvalue weighted by Crippen LogP contribution is -2.47. The van der Waals surface area contributed by atoms with Gasteiger partial charge in [0.15, 0.2) is 0 Å². The maximum absolute atomic E-state index is 12.9. The molecule has 1 saturated heterocycles. The summed E-state index contributed by atoms with van der Waals surface area (Å²) in [7, 11) is 0. The van der Waals surface area contributed by atoms with Crippen LogP contribution in [0, 0.1) is 6.92 Å². The van der Waals surface area contributed by atoms with Crippen LogP contribution < -0.4 is 20.9 Å². The van der Waals surface area contributed by atoms with Crippen LogP contribution in [0.2, 0.25) is 0 Å². The van der Waals surface area contributed by atoms with E-state index in [-0.39, 0.29) is 35.4 Å². The fourth-order valence-corrected chi connectivity index (χ4v) is 4.07. The lowest BCUT2D eigenvalue weighted by molar-refractivity contribution is -0.124.